The zero-order chi connectivity index (χ0) is 58.5. The molecule has 482 valence electrons. The highest BCUT2D eigenvalue weighted by Crippen LogP contribution is 2.20. The first-order chi connectivity index (χ1) is 40.0. The Kier molecular flexibility index (Phi) is 69.5. The Morgan fingerprint density at radius 2 is 0.333 bits per heavy atom. The van der Waals surface area contributed by atoms with Crippen molar-refractivity contribution in [3.8, 4) is 0 Å². The first kappa shape index (κ1) is 79.4. The second-order valence-electron chi connectivity index (χ2n) is 25.9. The van der Waals surface area contributed by atoms with Crippen LogP contribution in [0.15, 0.2) is 0 Å². The second kappa shape index (κ2) is 70.9. The molecule has 0 N–H and O–H groups in total. The molecule has 0 saturated heterocycles. The molecule has 0 rings (SSSR count). The van der Waals surface area contributed by atoms with Crippen molar-refractivity contribution in [2.45, 2.75) is 451 Å². The molecule has 0 heterocycles. The standard InChI is InChI=1S/C75H146O6/c1-4-7-10-13-16-19-22-25-27-29-31-33-34-35-36-37-38-39-40-41-43-44-46-48-50-53-56-59-62-65-68-74(77)80-71-72(70-79-73(76)67-64-61-58-55-52-24-21-18-15-12-9-6-3)81-75(78)69-66-63-60-57-54-51-49-47-45-42-32-30-28-26-23-20-17-14-11-8-5-2/h72H,4-71H2,1-3H3. The van der Waals surface area contributed by atoms with E-state index in [0.29, 0.717) is 19.3 Å². The molecule has 6 nitrogen and oxygen atoms in total. The van der Waals surface area contributed by atoms with Gasteiger partial charge in [-0.3, -0.25) is 14.4 Å². The quantitative estimate of drug-likeness (QED) is 0.0343. The molecule has 0 aliphatic heterocycles. The lowest BCUT2D eigenvalue weighted by molar-refractivity contribution is -0.167. The van der Waals surface area contributed by atoms with Gasteiger partial charge in [0.25, 0.3) is 0 Å². The first-order valence-electron chi connectivity index (χ1n) is 37.5. The number of carbonyl (C=O) groups is 3. The fourth-order valence-corrected chi connectivity index (χ4v) is 12.0. The summed E-state index contributed by atoms with van der Waals surface area (Å²) in [6.45, 7) is 6.74. The molecule has 81 heavy (non-hydrogen) atoms. The van der Waals surface area contributed by atoms with Gasteiger partial charge in [-0.05, 0) is 19.3 Å². The number of hydrogen-bond donors (Lipinski definition) is 0. The van der Waals surface area contributed by atoms with Gasteiger partial charge in [0, 0.05) is 19.3 Å². The van der Waals surface area contributed by atoms with Crippen molar-refractivity contribution in [1.82, 2.24) is 0 Å². The van der Waals surface area contributed by atoms with E-state index in [1.807, 2.05) is 0 Å². The number of hydrogen-bond acceptors (Lipinski definition) is 6. The van der Waals surface area contributed by atoms with Crippen LogP contribution in [0.5, 0.6) is 0 Å². The monoisotopic (exact) mass is 1140 g/mol. The van der Waals surface area contributed by atoms with E-state index >= 15 is 0 Å². The molecule has 0 aliphatic rings. The molecular formula is C75H146O6. The van der Waals surface area contributed by atoms with Crippen LogP contribution >= 0.6 is 0 Å². The highest BCUT2D eigenvalue weighted by molar-refractivity contribution is 5.71. The van der Waals surface area contributed by atoms with Gasteiger partial charge in [-0.2, -0.15) is 0 Å². The molecule has 1 atom stereocenters. The summed E-state index contributed by atoms with van der Waals surface area (Å²) in [4.78, 5) is 38.4. The minimum Gasteiger partial charge on any atom is -0.462 e. The van der Waals surface area contributed by atoms with E-state index in [4.69, 9.17) is 14.2 Å². The molecule has 0 aliphatic carbocycles. The fraction of sp³-hybridized carbons (Fsp3) is 0.960. The van der Waals surface area contributed by atoms with Gasteiger partial charge < -0.3 is 14.2 Å². The Labute approximate surface area is 508 Å². The molecule has 6 heteroatoms. The largest absolute Gasteiger partial charge is 0.462 e. The third kappa shape index (κ3) is 69.1. The van der Waals surface area contributed by atoms with E-state index in [9.17, 15) is 14.4 Å². The SMILES string of the molecule is CCCCCCCCCCCCCCCCCCCCCCCCCCCCCCCCC(=O)OCC(COC(=O)CCCCCCCCCCCCCC)OC(=O)CCCCCCCCCCCCCCCCCCCCCCC. The summed E-state index contributed by atoms with van der Waals surface area (Å²) in [7, 11) is 0. The van der Waals surface area contributed by atoms with Gasteiger partial charge in [0.05, 0.1) is 0 Å². The number of esters is 3. The van der Waals surface area contributed by atoms with Gasteiger partial charge in [-0.25, -0.2) is 0 Å². The molecule has 1 unspecified atom stereocenters. The van der Waals surface area contributed by atoms with Gasteiger partial charge in [-0.15, -0.1) is 0 Å². The normalized spacial score (nSPS) is 11.9. The van der Waals surface area contributed by atoms with Crippen LogP contribution in [0.25, 0.3) is 0 Å². The Balaban J connectivity index is 4.10. The number of unbranched alkanes of at least 4 members (excludes halogenated alkanes) is 60. The van der Waals surface area contributed by atoms with Crippen molar-refractivity contribution >= 4 is 17.9 Å². The average molecular weight is 1140 g/mol. The average Bonchev–Trinajstić information content (AvgIpc) is 3.47. The van der Waals surface area contributed by atoms with Crippen LogP contribution in [-0.2, 0) is 28.6 Å². The first-order valence-corrected chi connectivity index (χ1v) is 37.5. The van der Waals surface area contributed by atoms with Crippen LogP contribution in [0.1, 0.15) is 445 Å². The lowest BCUT2D eigenvalue weighted by Crippen LogP contribution is -2.30. The molecule has 0 aromatic rings. The van der Waals surface area contributed by atoms with Gasteiger partial charge in [0.2, 0.25) is 0 Å². The van der Waals surface area contributed by atoms with E-state index in [-0.39, 0.29) is 31.1 Å². The van der Waals surface area contributed by atoms with Gasteiger partial charge in [-0.1, -0.05) is 406 Å². The van der Waals surface area contributed by atoms with Gasteiger partial charge in [0.15, 0.2) is 6.10 Å². The molecule has 0 fully saturated rings. The summed E-state index contributed by atoms with van der Waals surface area (Å²) in [5.41, 5.74) is 0. The zero-order valence-electron chi connectivity index (χ0n) is 55.6. The van der Waals surface area contributed by atoms with E-state index in [0.717, 1.165) is 57.8 Å². The van der Waals surface area contributed by atoms with Crippen molar-refractivity contribution in [3.05, 3.63) is 0 Å². The Morgan fingerprint density at radius 1 is 0.198 bits per heavy atom. The predicted molar refractivity (Wildman–Crippen MR) is 354 cm³/mol. The second-order valence-corrected chi connectivity index (χ2v) is 25.9. The van der Waals surface area contributed by atoms with Crippen molar-refractivity contribution in [2.24, 2.45) is 0 Å². The Bertz CT molecular complexity index is 1220. The molecular weight excluding hydrogens is 997 g/mol. The minimum absolute atomic E-state index is 0.0602. The maximum absolute atomic E-state index is 13.0. The van der Waals surface area contributed by atoms with E-state index in [2.05, 4.69) is 20.8 Å². The molecule has 0 saturated carbocycles. The van der Waals surface area contributed by atoms with Crippen molar-refractivity contribution in [1.29, 1.82) is 0 Å². The highest BCUT2D eigenvalue weighted by Gasteiger charge is 2.20. The molecule has 0 spiro atoms. The van der Waals surface area contributed by atoms with E-state index < -0.39 is 6.10 Å². The summed E-state index contributed by atoms with van der Waals surface area (Å²) >= 11 is 0. The van der Waals surface area contributed by atoms with Gasteiger partial charge >= 0.3 is 17.9 Å². The number of rotatable bonds is 71. The summed E-state index contributed by atoms with van der Waals surface area (Å²) in [5, 5.41) is 0. The third-order valence-electron chi connectivity index (χ3n) is 17.6. The molecule has 0 radical (unpaired) electrons. The Morgan fingerprint density at radius 3 is 0.494 bits per heavy atom. The van der Waals surface area contributed by atoms with Crippen LogP contribution in [-0.4, -0.2) is 37.2 Å². The fourth-order valence-electron chi connectivity index (χ4n) is 12.0. The summed E-state index contributed by atoms with van der Waals surface area (Å²) in [6, 6.07) is 0. The molecule has 0 aromatic carbocycles. The highest BCUT2D eigenvalue weighted by atomic mass is 16.6. The summed E-state index contributed by atoms with van der Waals surface area (Å²) < 4.78 is 17.0. The lowest BCUT2D eigenvalue weighted by atomic mass is 10.0. The smallest absolute Gasteiger partial charge is 0.306 e. The van der Waals surface area contributed by atoms with E-state index in [1.54, 1.807) is 0 Å². The maximum Gasteiger partial charge on any atom is 0.306 e. The molecule has 0 bridgehead atoms. The van der Waals surface area contributed by atoms with E-state index in [1.165, 1.54) is 347 Å². The maximum atomic E-state index is 13.0. The van der Waals surface area contributed by atoms with Crippen LogP contribution < -0.4 is 0 Å². The van der Waals surface area contributed by atoms with Crippen molar-refractivity contribution in [2.75, 3.05) is 13.2 Å². The zero-order valence-corrected chi connectivity index (χ0v) is 55.6. The van der Waals surface area contributed by atoms with Crippen LogP contribution in [0.4, 0.5) is 0 Å². The topological polar surface area (TPSA) is 78.9 Å². The number of ether oxygens (including phenoxy) is 3. The number of carbonyl (C=O) groups excluding carboxylic acids is 3. The van der Waals surface area contributed by atoms with Gasteiger partial charge in [0.1, 0.15) is 13.2 Å². The predicted octanol–water partition coefficient (Wildman–Crippen LogP) is 25.8. The van der Waals surface area contributed by atoms with Crippen molar-refractivity contribution in [3.63, 3.8) is 0 Å². The van der Waals surface area contributed by atoms with Crippen LogP contribution in [0.3, 0.4) is 0 Å². The third-order valence-corrected chi connectivity index (χ3v) is 17.6. The lowest BCUT2D eigenvalue weighted by Gasteiger charge is -2.18. The summed E-state index contributed by atoms with van der Waals surface area (Å²) in [5.74, 6) is -0.819. The minimum atomic E-state index is -0.763. The Hall–Kier alpha value is -1.59. The summed E-state index contributed by atoms with van der Waals surface area (Å²) in [6.07, 6.45) is 84.5. The van der Waals surface area contributed by atoms with Crippen LogP contribution in [0.2, 0.25) is 0 Å². The van der Waals surface area contributed by atoms with Crippen molar-refractivity contribution < 1.29 is 28.6 Å². The molecule has 0 amide bonds. The molecule has 0 aromatic heterocycles. The van der Waals surface area contributed by atoms with Crippen LogP contribution in [0, 0.1) is 0 Å².